The molecule has 0 spiro atoms. The van der Waals surface area contributed by atoms with Gasteiger partial charge in [0.2, 0.25) is 5.91 Å². The number of carbonyl (C=O) groups excluding carboxylic acids is 1. The van der Waals surface area contributed by atoms with Crippen molar-refractivity contribution in [2.24, 2.45) is 35.3 Å². The van der Waals surface area contributed by atoms with E-state index in [9.17, 15) is 4.79 Å². The minimum absolute atomic E-state index is 0.0205. The van der Waals surface area contributed by atoms with Crippen molar-refractivity contribution >= 4 is 5.91 Å². The SMILES string of the molecule is NC(=O)C1C2CC3CC(C2)C1C3. The van der Waals surface area contributed by atoms with Crippen molar-refractivity contribution in [1.82, 2.24) is 0 Å². The van der Waals surface area contributed by atoms with Crippen molar-refractivity contribution in [3.63, 3.8) is 0 Å². The molecule has 1 amide bonds. The third-order valence-corrected chi connectivity index (χ3v) is 4.39. The topological polar surface area (TPSA) is 43.1 Å². The van der Waals surface area contributed by atoms with Crippen LogP contribution in [0.2, 0.25) is 0 Å². The van der Waals surface area contributed by atoms with E-state index >= 15 is 0 Å². The van der Waals surface area contributed by atoms with Crippen molar-refractivity contribution in [3.05, 3.63) is 0 Å². The first-order valence-electron chi connectivity index (χ1n) is 5.05. The van der Waals surface area contributed by atoms with Gasteiger partial charge in [-0.25, -0.2) is 0 Å². The molecule has 4 fully saturated rings. The number of nitrogens with two attached hydrogens (primary N) is 1. The molecule has 4 bridgehead atoms. The van der Waals surface area contributed by atoms with Gasteiger partial charge in [0, 0.05) is 5.92 Å². The summed E-state index contributed by atoms with van der Waals surface area (Å²) in [5.41, 5.74) is 5.43. The standard InChI is InChI=1S/C10H15NO/c11-10(12)9-7-2-5-1-6(4-7)8(9)3-5/h5-9H,1-4H2,(H2,11,12). The first-order valence-corrected chi connectivity index (χ1v) is 5.05. The summed E-state index contributed by atoms with van der Waals surface area (Å²) >= 11 is 0. The number of rotatable bonds is 1. The lowest BCUT2D eigenvalue weighted by Gasteiger charge is -2.29. The van der Waals surface area contributed by atoms with Crippen LogP contribution in [0, 0.1) is 29.6 Å². The molecular weight excluding hydrogens is 150 g/mol. The summed E-state index contributed by atoms with van der Waals surface area (Å²) in [5, 5.41) is 0. The second-order valence-electron chi connectivity index (χ2n) is 4.92. The highest BCUT2D eigenvalue weighted by Gasteiger charge is 2.55. The van der Waals surface area contributed by atoms with Crippen molar-refractivity contribution in [2.45, 2.75) is 25.7 Å². The van der Waals surface area contributed by atoms with Gasteiger partial charge in [0.15, 0.2) is 0 Å². The van der Waals surface area contributed by atoms with Crippen molar-refractivity contribution < 1.29 is 4.79 Å². The van der Waals surface area contributed by atoms with Crippen LogP contribution in [0.3, 0.4) is 0 Å². The van der Waals surface area contributed by atoms with Crippen LogP contribution < -0.4 is 5.73 Å². The highest BCUT2D eigenvalue weighted by Crippen LogP contribution is 2.60. The zero-order valence-electron chi connectivity index (χ0n) is 7.20. The smallest absolute Gasteiger partial charge is 0.221 e. The van der Waals surface area contributed by atoms with Crippen LogP contribution in [0.5, 0.6) is 0 Å². The Morgan fingerprint density at radius 3 is 2.50 bits per heavy atom. The lowest BCUT2D eigenvalue weighted by atomic mass is 9.75. The largest absolute Gasteiger partial charge is 0.369 e. The first-order chi connectivity index (χ1) is 5.75. The Balaban J connectivity index is 1.94. The summed E-state index contributed by atoms with van der Waals surface area (Å²) in [6.45, 7) is 0. The molecule has 0 saturated heterocycles. The average Bonchev–Trinajstić information content (AvgIpc) is 2.38. The molecule has 0 aliphatic heterocycles. The lowest BCUT2D eigenvalue weighted by molar-refractivity contribution is -0.125. The van der Waals surface area contributed by atoms with E-state index in [1.54, 1.807) is 0 Å². The monoisotopic (exact) mass is 165 g/mol. The molecular formula is C10H15NO. The van der Waals surface area contributed by atoms with Gasteiger partial charge in [0.25, 0.3) is 0 Å². The molecule has 12 heavy (non-hydrogen) atoms. The average molecular weight is 165 g/mol. The molecule has 66 valence electrons. The fourth-order valence-electron chi connectivity index (χ4n) is 4.18. The van der Waals surface area contributed by atoms with Gasteiger partial charge in [-0.3, -0.25) is 4.79 Å². The summed E-state index contributed by atoms with van der Waals surface area (Å²) in [6, 6.07) is 0. The van der Waals surface area contributed by atoms with Crippen LogP contribution in [0.4, 0.5) is 0 Å². The Hall–Kier alpha value is -0.530. The Labute approximate surface area is 72.5 Å². The van der Waals surface area contributed by atoms with E-state index in [-0.39, 0.29) is 11.8 Å². The van der Waals surface area contributed by atoms with Gasteiger partial charge in [-0.2, -0.15) is 0 Å². The summed E-state index contributed by atoms with van der Waals surface area (Å²) in [7, 11) is 0. The molecule has 0 aromatic heterocycles. The minimum Gasteiger partial charge on any atom is -0.369 e. The van der Waals surface area contributed by atoms with Gasteiger partial charge in [-0.1, -0.05) is 0 Å². The molecule has 0 radical (unpaired) electrons. The van der Waals surface area contributed by atoms with Gasteiger partial charge < -0.3 is 5.73 Å². The molecule has 5 unspecified atom stereocenters. The summed E-state index contributed by atoms with van der Waals surface area (Å²) in [4.78, 5) is 11.2. The van der Waals surface area contributed by atoms with Gasteiger partial charge in [0.1, 0.15) is 0 Å². The Kier molecular flexibility index (Phi) is 1.18. The molecule has 2 nitrogen and oxygen atoms in total. The maximum atomic E-state index is 11.2. The summed E-state index contributed by atoms with van der Waals surface area (Å²) < 4.78 is 0. The van der Waals surface area contributed by atoms with E-state index in [2.05, 4.69) is 0 Å². The van der Waals surface area contributed by atoms with E-state index in [4.69, 9.17) is 5.73 Å². The van der Waals surface area contributed by atoms with Crippen molar-refractivity contribution in [3.8, 4) is 0 Å². The van der Waals surface area contributed by atoms with Gasteiger partial charge in [0.05, 0.1) is 0 Å². The van der Waals surface area contributed by atoms with E-state index in [0.29, 0.717) is 11.8 Å². The molecule has 4 rings (SSSR count). The molecule has 4 aliphatic rings. The number of amides is 1. The fraction of sp³-hybridized carbons (Fsp3) is 0.900. The molecule has 0 aromatic carbocycles. The second kappa shape index (κ2) is 2.04. The highest BCUT2D eigenvalue weighted by atomic mass is 16.1. The molecule has 4 saturated carbocycles. The van der Waals surface area contributed by atoms with E-state index in [1.165, 1.54) is 25.7 Å². The second-order valence-corrected chi connectivity index (χ2v) is 4.92. The number of hydrogen-bond acceptors (Lipinski definition) is 1. The summed E-state index contributed by atoms with van der Waals surface area (Å²) in [6.07, 6.45) is 5.29. The van der Waals surface area contributed by atoms with Gasteiger partial charge >= 0.3 is 0 Å². The van der Waals surface area contributed by atoms with Crippen molar-refractivity contribution in [2.75, 3.05) is 0 Å². The van der Waals surface area contributed by atoms with Gasteiger partial charge in [-0.15, -0.1) is 0 Å². The van der Waals surface area contributed by atoms with Crippen LogP contribution in [0.1, 0.15) is 25.7 Å². The molecule has 0 aromatic rings. The van der Waals surface area contributed by atoms with E-state index in [0.717, 1.165) is 11.8 Å². The van der Waals surface area contributed by atoms with Gasteiger partial charge in [-0.05, 0) is 49.4 Å². The van der Waals surface area contributed by atoms with Crippen LogP contribution in [0.15, 0.2) is 0 Å². The third kappa shape index (κ3) is 0.686. The Morgan fingerprint density at radius 2 is 1.83 bits per heavy atom. The van der Waals surface area contributed by atoms with Crippen LogP contribution >= 0.6 is 0 Å². The zero-order chi connectivity index (χ0) is 8.29. The predicted octanol–water partition coefficient (Wildman–Crippen LogP) is 1.15. The Morgan fingerprint density at radius 1 is 1.08 bits per heavy atom. The summed E-state index contributed by atoms with van der Waals surface area (Å²) in [5.74, 6) is 3.42. The molecule has 0 heterocycles. The lowest BCUT2D eigenvalue weighted by Crippen LogP contribution is -2.34. The minimum atomic E-state index is -0.0205. The van der Waals surface area contributed by atoms with Crippen molar-refractivity contribution in [1.29, 1.82) is 0 Å². The molecule has 2 heteroatoms. The maximum absolute atomic E-state index is 11.2. The predicted molar refractivity (Wildman–Crippen MR) is 45.1 cm³/mol. The zero-order valence-corrected chi connectivity index (χ0v) is 7.20. The third-order valence-electron chi connectivity index (χ3n) is 4.39. The van der Waals surface area contributed by atoms with Crippen LogP contribution in [-0.4, -0.2) is 5.91 Å². The van der Waals surface area contributed by atoms with Crippen LogP contribution in [-0.2, 0) is 4.79 Å². The normalized spacial score (nSPS) is 54.8. The first kappa shape index (κ1) is 6.93. The molecule has 5 atom stereocenters. The van der Waals surface area contributed by atoms with Crippen LogP contribution in [0.25, 0.3) is 0 Å². The van der Waals surface area contributed by atoms with E-state index < -0.39 is 0 Å². The van der Waals surface area contributed by atoms with E-state index in [1.807, 2.05) is 0 Å². The maximum Gasteiger partial charge on any atom is 0.221 e. The quantitative estimate of drug-likeness (QED) is 0.622. The molecule has 2 N–H and O–H groups in total. The highest BCUT2D eigenvalue weighted by molar-refractivity contribution is 5.78. The number of carbonyl (C=O) groups is 1. The molecule has 4 aliphatic carbocycles. The Bertz CT molecular complexity index is 234. The number of primary amides is 1. The fourth-order valence-corrected chi connectivity index (χ4v) is 4.18. The number of hydrogen-bond donors (Lipinski definition) is 1.